The van der Waals surface area contributed by atoms with Crippen molar-refractivity contribution < 1.29 is 4.74 Å². The molecule has 2 N–H and O–H groups in total. The summed E-state index contributed by atoms with van der Waals surface area (Å²) in [5.74, 6) is 0. The first-order valence-corrected chi connectivity index (χ1v) is 5.78. The van der Waals surface area contributed by atoms with E-state index in [9.17, 15) is 0 Å². The predicted octanol–water partition coefficient (Wildman–Crippen LogP) is 2.71. The minimum Gasteiger partial charge on any atom is -0.359 e. The second-order valence-corrected chi connectivity index (χ2v) is 5.67. The van der Waals surface area contributed by atoms with Crippen LogP contribution in [-0.4, -0.2) is 0 Å². The number of rotatable bonds is 1. The number of fused-ring (bicyclic) bond motifs is 1. The first kappa shape index (κ1) is 10.1. The maximum absolute atomic E-state index is 6.04. The molecule has 0 unspecified atom stereocenters. The van der Waals surface area contributed by atoms with Crippen molar-refractivity contribution in [2.75, 3.05) is 0 Å². The minimum absolute atomic E-state index is 0.156. The van der Waals surface area contributed by atoms with E-state index in [0.29, 0.717) is 6.54 Å². The zero-order valence-electron chi connectivity index (χ0n) is 9.18. The molecule has 0 saturated heterocycles. The van der Waals surface area contributed by atoms with Gasteiger partial charge in [-0.25, -0.2) is 0 Å². The van der Waals surface area contributed by atoms with E-state index in [0.717, 1.165) is 0 Å². The van der Waals surface area contributed by atoms with E-state index in [1.165, 1.54) is 16.0 Å². The average molecular weight is 211 g/mol. The topological polar surface area (TPSA) is 35.2 Å². The van der Waals surface area contributed by atoms with Crippen molar-refractivity contribution >= 4 is 11.3 Å². The molecule has 1 aliphatic rings. The Bertz CT molecular complexity index is 365. The summed E-state index contributed by atoms with van der Waals surface area (Å²) in [6.45, 7) is 9.09. The SMILES string of the molecule is CC1(C)OC(C)(C)c2c(CN)csc21. The monoisotopic (exact) mass is 211 g/mol. The summed E-state index contributed by atoms with van der Waals surface area (Å²) in [5, 5.41) is 2.16. The summed E-state index contributed by atoms with van der Waals surface area (Å²) in [6.07, 6.45) is 0. The van der Waals surface area contributed by atoms with Crippen molar-refractivity contribution in [3.63, 3.8) is 0 Å². The van der Waals surface area contributed by atoms with Gasteiger partial charge in [-0.15, -0.1) is 11.3 Å². The molecule has 0 saturated carbocycles. The quantitative estimate of drug-likeness (QED) is 0.775. The van der Waals surface area contributed by atoms with Crippen LogP contribution in [0, 0.1) is 0 Å². The van der Waals surface area contributed by atoms with Crippen LogP contribution in [-0.2, 0) is 22.5 Å². The third-order valence-electron chi connectivity index (χ3n) is 2.75. The maximum atomic E-state index is 6.04. The van der Waals surface area contributed by atoms with Crippen molar-refractivity contribution in [3.05, 3.63) is 21.4 Å². The van der Waals surface area contributed by atoms with E-state index in [1.54, 1.807) is 11.3 Å². The molecular formula is C11H17NOS. The van der Waals surface area contributed by atoms with Gasteiger partial charge in [-0.05, 0) is 38.6 Å². The molecule has 3 heteroatoms. The number of thiophene rings is 1. The summed E-state index contributed by atoms with van der Waals surface area (Å²) in [6, 6.07) is 0. The Morgan fingerprint density at radius 1 is 1.29 bits per heavy atom. The minimum atomic E-state index is -0.187. The van der Waals surface area contributed by atoms with Gasteiger partial charge in [0.25, 0.3) is 0 Å². The highest BCUT2D eigenvalue weighted by Crippen LogP contribution is 2.50. The van der Waals surface area contributed by atoms with Gasteiger partial charge >= 0.3 is 0 Å². The highest BCUT2D eigenvalue weighted by molar-refractivity contribution is 7.10. The lowest BCUT2D eigenvalue weighted by atomic mass is 9.94. The van der Waals surface area contributed by atoms with Crippen LogP contribution in [0.3, 0.4) is 0 Å². The molecule has 0 aliphatic carbocycles. The molecule has 0 aromatic carbocycles. The van der Waals surface area contributed by atoms with Crippen molar-refractivity contribution in [2.45, 2.75) is 45.4 Å². The van der Waals surface area contributed by atoms with Gasteiger partial charge in [0.05, 0.1) is 11.2 Å². The second kappa shape index (κ2) is 2.81. The fraction of sp³-hybridized carbons (Fsp3) is 0.636. The van der Waals surface area contributed by atoms with Crippen molar-refractivity contribution in [3.8, 4) is 0 Å². The molecule has 2 rings (SSSR count). The molecule has 1 aromatic rings. The molecule has 14 heavy (non-hydrogen) atoms. The number of nitrogens with two attached hydrogens (primary N) is 1. The van der Waals surface area contributed by atoms with Crippen molar-refractivity contribution in [1.82, 2.24) is 0 Å². The van der Waals surface area contributed by atoms with Crippen LogP contribution in [0.2, 0.25) is 0 Å². The third kappa shape index (κ3) is 1.23. The molecule has 0 radical (unpaired) electrons. The highest BCUT2D eigenvalue weighted by atomic mass is 32.1. The molecule has 2 nitrogen and oxygen atoms in total. The Balaban J connectivity index is 2.62. The zero-order valence-corrected chi connectivity index (χ0v) is 9.99. The van der Waals surface area contributed by atoms with Gasteiger partial charge in [0.1, 0.15) is 0 Å². The van der Waals surface area contributed by atoms with Gasteiger partial charge in [-0.3, -0.25) is 0 Å². The molecule has 0 bridgehead atoms. The number of hydrogen-bond acceptors (Lipinski definition) is 3. The molecule has 0 spiro atoms. The lowest BCUT2D eigenvalue weighted by Gasteiger charge is -2.25. The van der Waals surface area contributed by atoms with Crippen LogP contribution < -0.4 is 5.73 Å². The Labute approximate surface area is 89.1 Å². The Kier molecular flexibility index (Phi) is 2.04. The fourth-order valence-electron chi connectivity index (χ4n) is 2.38. The molecule has 1 aromatic heterocycles. The summed E-state index contributed by atoms with van der Waals surface area (Å²) in [4.78, 5) is 1.34. The summed E-state index contributed by atoms with van der Waals surface area (Å²) in [5.41, 5.74) is 7.94. The first-order chi connectivity index (χ1) is 6.38. The largest absolute Gasteiger partial charge is 0.359 e. The smallest absolute Gasteiger partial charge is 0.0982 e. The Hall–Kier alpha value is -0.380. The highest BCUT2D eigenvalue weighted by Gasteiger charge is 2.45. The van der Waals surface area contributed by atoms with Crippen molar-refractivity contribution in [1.29, 1.82) is 0 Å². The standard InChI is InChI=1S/C11H17NOS/c1-10(2)8-7(5-12)6-14-9(8)11(3,4)13-10/h6H,5,12H2,1-4H3. The Morgan fingerprint density at radius 2 is 1.93 bits per heavy atom. The first-order valence-electron chi connectivity index (χ1n) is 4.90. The van der Waals surface area contributed by atoms with Gasteiger partial charge in [-0.1, -0.05) is 0 Å². The lowest BCUT2D eigenvalue weighted by molar-refractivity contribution is -0.104. The molecule has 2 heterocycles. The molecule has 1 aliphatic heterocycles. The number of hydrogen-bond donors (Lipinski definition) is 1. The maximum Gasteiger partial charge on any atom is 0.0982 e. The van der Waals surface area contributed by atoms with E-state index in [2.05, 4.69) is 33.1 Å². The van der Waals surface area contributed by atoms with E-state index >= 15 is 0 Å². The van der Waals surface area contributed by atoms with Crippen LogP contribution >= 0.6 is 11.3 Å². The Morgan fingerprint density at radius 3 is 2.50 bits per heavy atom. The van der Waals surface area contributed by atoms with Crippen LogP contribution in [0.5, 0.6) is 0 Å². The molecule has 78 valence electrons. The van der Waals surface area contributed by atoms with Crippen LogP contribution in [0.1, 0.15) is 43.7 Å². The fourth-order valence-corrected chi connectivity index (χ4v) is 3.68. The lowest BCUT2D eigenvalue weighted by Crippen LogP contribution is -2.23. The number of ether oxygens (including phenoxy) is 1. The van der Waals surface area contributed by atoms with E-state index in [-0.39, 0.29) is 11.2 Å². The summed E-state index contributed by atoms with van der Waals surface area (Å²) in [7, 11) is 0. The van der Waals surface area contributed by atoms with E-state index < -0.39 is 0 Å². The molecule has 0 amide bonds. The van der Waals surface area contributed by atoms with Crippen LogP contribution in [0.15, 0.2) is 5.38 Å². The average Bonchev–Trinajstić information content (AvgIpc) is 2.51. The van der Waals surface area contributed by atoms with E-state index in [1.807, 2.05) is 0 Å². The van der Waals surface area contributed by atoms with Crippen LogP contribution in [0.25, 0.3) is 0 Å². The van der Waals surface area contributed by atoms with Gasteiger partial charge in [-0.2, -0.15) is 0 Å². The van der Waals surface area contributed by atoms with Gasteiger partial charge < -0.3 is 10.5 Å². The molecule has 0 fully saturated rings. The van der Waals surface area contributed by atoms with E-state index in [4.69, 9.17) is 10.5 Å². The predicted molar refractivity (Wildman–Crippen MR) is 59.3 cm³/mol. The summed E-state index contributed by atoms with van der Waals surface area (Å²) < 4.78 is 6.04. The second-order valence-electron chi connectivity index (χ2n) is 4.79. The zero-order chi connectivity index (χ0) is 10.6. The van der Waals surface area contributed by atoms with Crippen LogP contribution in [0.4, 0.5) is 0 Å². The molecular weight excluding hydrogens is 194 g/mol. The van der Waals surface area contributed by atoms with Gasteiger partial charge in [0.15, 0.2) is 0 Å². The third-order valence-corrected chi connectivity index (χ3v) is 4.08. The van der Waals surface area contributed by atoms with Crippen molar-refractivity contribution in [2.24, 2.45) is 5.73 Å². The molecule has 0 atom stereocenters. The normalized spacial score (nSPS) is 22.4. The van der Waals surface area contributed by atoms with Gasteiger partial charge in [0.2, 0.25) is 0 Å². The summed E-state index contributed by atoms with van der Waals surface area (Å²) >= 11 is 1.77. The van der Waals surface area contributed by atoms with Gasteiger partial charge in [0, 0.05) is 17.0 Å².